The molecule has 32 heavy (non-hydrogen) atoms. The first-order chi connectivity index (χ1) is 15.5. The van der Waals surface area contributed by atoms with E-state index in [-0.39, 0.29) is 11.7 Å². The Bertz CT molecular complexity index is 1220. The molecule has 0 radical (unpaired) electrons. The highest BCUT2D eigenvalue weighted by atomic mass is 35.5. The summed E-state index contributed by atoms with van der Waals surface area (Å²) in [5.41, 5.74) is 3.55. The van der Waals surface area contributed by atoms with Gasteiger partial charge in [-0.05, 0) is 67.1 Å². The van der Waals surface area contributed by atoms with Crippen LogP contribution in [0.4, 0.5) is 5.69 Å². The van der Waals surface area contributed by atoms with Gasteiger partial charge in [-0.15, -0.1) is 10.2 Å². The van der Waals surface area contributed by atoms with Gasteiger partial charge in [0.05, 0.1) is 12.9 Å². The lowest BCUT2D eigenvalue weighted by Crippen LogP contribution is -2.15. The Morgan fingerprint density at radius 3 is 2.44 bits per heavy atom. The van der Waals surface area contributed by atoms with E-state index in [1.165, 1.54) is 11.8 Å². The molecule has 0 aliphatic carbocycles. The minimum Gasteiger partial charge on any atom is -0.497 e. The van der Waals surface area contributed by atoms with Crippen LogP contribution in [0.5, 0.6) is 5.75 Å². The minimum atomic E-state index is -0.110. The van der Waals surface area contributed by atoms with Gasteiger partial charge in [0.1, 0.15) is 5.75 Å². The van der Waals surface area contributed by atoms with Crippen molar-refractivity contribution in [3.8, 4) is 22.8 Å². The van der Waals surface area contributed by atoms with Crippen LogP contribution in [0.15, 0.2) is 78.0 Å². The van der Waals surface area contributed by atoms with Crippen LogP contribution < -0.4 is 10.1 Å². The standard InChI is InChI=1S/C24H21ClN4O2S/c1-16-5-3-4-6-21(16)26-22(30)15-32-24-28-27-23(17-7-9-18(25)10-8-17)29(24)19-11-13-20(31-2)14-12-19/h3-14H,15H2,1-2H3,(H,26,30). The molecule has 0 unspecified atom stereocenters. The predicted octanol–water partition coefficient (Wildman–Crippen LogP) is 5.64. The highest BCUT2D eigenvalue weighted by Crippen LogP contribution is 2.29. The van der Waals surface area contributed by atoms with Crippen molar-refractivity contribution in [2.45, 2.75) is 12.1 Å². The molecule has 1 amide bonds. The Morgan fingerprint density at radius 1 is 1.03 bits per heavy atom. The van der Waals surface area contributed by atoms with Gasteiger partial charge in [0.25, 0.3) is 0 Å². The SMILES string of the molecule is COc1ccc(-n2c(SCC(=O)Nc3ccccc3C)nnc2-c2ccc(Cl)cc2)cc1. The van der Waals surface area contributed by atoms with Crippen molar-refractivity contribution in [3.05, 3.63) is 83.4 Å². The highest BCUT2D eigenvalue weighted by Gasteiger charge is 2.18. The van der Waals surface area contributed by atoms with Crippen molar-refractivity contribution < 1.29 is 9.53 Å². The summed E-state index contributed by atoms with van der Waals surface area (Å²) in [6.07, 6.45) is 0. The molecule has 0 saturated heterocycles. The average Bonchev–Trinajstić information content (AvgIpc) is 3.24. The van der Waals surface area contributed by atoms with E-state index < -0.39 is 0 Å². The summed E-state index contributed by atoms with van der Waals surface area (Å²) in [7, 11) is 1.63. The van der Waals surface area contributed by atoms with Crippen LogP contribution in [0, 0.1) is 6.92 Å². The second kappa shape index (κ2) is 9.89. The van der Waals surface area contributed by atoms with Crippen LogP contribution in [-0.2, 0) is 4.79 Å². The van der Waals surface area contributed by atoms with E-state index in [1.54, 1.807) is 7.11 Å². The summed E-state index contributed by atoms with van der Waals surface area (Å²) in [6.45, 7) is 1.96. The number of ether oxygens (including phenoxy) is 1. The third kappa shape index (κ3) is 4.95. The van der Waals surface area contributed by atoms with Crippen molar-refractivity contribution in [3.63, 3.8) is 0 Å². The van der Waals surface area contributed by atoms with E-state index in [1.807, 2.05) is 84.3 Å². The van der Waals surface area contributed by atoms with Crippen LogP contribution in [-0.4, -0.2) is 33.5 Å². The van der Waals surface area contributed by atoms with E-state index >= 15 is 0 Å². The number of aromatic nitrogens is 3. The molecule has 1 N–H and O–H groups in total. The number of carbonyl (C=O) groups is 1. The Balaban J connectivity index is 1.61. The Labute approximate surface area is 195 Å². The van der Waals surface area contributed by atoms with Gasteiger partial charge >= 0.3 is 0 Å². The zero-order chi connectivity index (χ0) is 22.5. The second-order valence-corrected chi connectivity index (χ2v) is 8.38. The van der Waals surface area contributed by atoms with Crippen LogP contribution in [0.3, 0.4) is 0 Å². The molecular formula is C24H21ClN4O2S. The summed E-state index contributed by atoms with van der Waals surface area (Å²) in [6, 6.07) is 22.7. The Kier molecular flexibility index (Phi) is 6.78. The quantitative estimate of drug-likeness (QED) is 0.359. The maximum absolute atomic E-state index is 12.6. The lowest BCUT2D eigenvalue weighted by atomic mass is 10.2. The number of nitrogens with one attached hydrogen (secondary N) is 1. The fraction of sp³-hybridized carbons (Fsp3) is 0.125. The number of hydrogen-bond donors (Lipinski definition) is 1. The number of rotatable bonds is 7. The molecule has 1 heterocycles. The molecule has 0 saturated carbocycles. The fourth-order valence-electron chi connectivity index (χ4n) is 3.14. The van der Waals surface area contributed by atoms with E-state index in [2.05, 4.69) is 15.5 Å². The monoisotopic (exact) mass is 464 g/mol. The normalized spacial score (nSPS) is 10.7. The van der Waals surface area contributed by atoms with Crippen LogP contribution in [0.25, 0.3) is 17.1 Å². The van der Waals surface area contributed by atoms with Gasteiger partial charge in [0.2, 0.25) is 5.91 Å². The van der Waals surface area contributed by atoms with Crippen molar-refractivity contribution in [1.82, 2.24) is 14.8 Å². The van der Waals surface area contributed by atoms with Gasteiger partial charge in [-0.3, -0.25) is 9.36 Å². The summed E-state index contributed by atoms with van der Waals surface area (Å²) in [5.74, 6) is 1.50. The Hall–Kier alpha value is -3.29. The fourth-order valence-corrected chi connectivity index (χ4v) is 4.02. The molecule has 8 heteroatoms. The lowest BCUT2D eigenvalue weighted by molar-refractivity contribution is -0.113. The van der Waals surface area contributed by atoms with Gasteiger partial charge in [-0.25, -0.2) is 0 Å². The predicted molar refractivity (Wildman–Crippen MR) is 129 cm³/mol. The van der Waals surface area contributed by atoms with Crippen LogP contribution in [0.2, 0.25) is 5.02 Å². The van der Waals surface area contributed by atoms with Gasteiger partial charge in [0.15, 0.2) is 11.0 Å². The summed E-state index contributed by atoms with van der Waals surface area (Å²) in [5, 5.41) is 13.0. The third-order valence-corrected chi connectivity index (χ3v) is 6.00. The third-order valence-electron chi connectivity index (χ3n) is 4.82. The number of methoxy groups -OCH3 is 1. The molecular weight excluding hydrogens is 444 g/mol. The van der Waals surface area contributed by atoms with Crippen molar-refractivity contribution in [1.29, 1.82) is 0 Å². The summed E-state index contributed by atoms with van der Waals surface area (Å²) >= 11 is 7.38. The number of anilines is 1. The van der Waals surface area contributed by atoms with E-state index in [0.717, 1.165) is 28.3 Å². The number of amides is 1. The summed E-state index contributed by atoms with van der Waals surface area (Å²) in [4.78, 5) is 12.6. The number of nitrogens with zero attached hydrogens (tertiary/aromatic N) is 3. The molecule has 0 atom stereocenters. The van der Waals surface area contributed by atoms with Crippen LogP contribution in [0.1, 0.15) is 5.56 Å². The lowest BCUT2D eigenvalue weighted by Gasteiger charge is -2.12. The Morgan fingerprint density at radius 2 is 1.75 bits per heavy atom. The van der Waals surface area contributed by atoms with Gasteiger partial charge in [0, 0.05) is 22.0 Å². The first-order valence-electron chi connectivity index (χ1n) is 9.89. The molecule has 0 fully saturated rings. The number of halogens is 1. The molecule has 162 valence electrons. The topological polar surface area (TPSA) is 69.0 Å². The minimum absolute atomic E-state index is 0.110. The van der Waals surface area contributed by atoms with E-state index in [9.17, 15) is 4.79 Å². The van der Waals surface area contributed by atoms with Crippen molar-refractivity contribution >= 4 is 35.0 Å². The number of para-hydroxylation sites is 1. The molecule has 6 nitrogen and oxygen atoms in total. The van der Waals surface area contributed by atoms with Crippen LogP contribution >= 0.6 is 23.4 Å². The second-order valence-electron chi connectivity index (χ2n) is 7.00. The smallest absolute Gasteiger partial charge is 0.234 e. The molecule has 0 aliphatic rings. The maximum atomic E-state index is 12.6. The number of carbonyl (C=O) groups excluding carboxylic acids is 1. The molecule has 4 rings (SSSR count). The van der Waals surface area contributed by atoms with E-state index in [0.29, 0.717) is 16.0 Å². The molecule has 0 aliphatic heterocycles. The number of hydrogen-bond acceptors (Lipinski definition) is 5. The first kappa shape index (κ1) is 21.9. The molecule has 0 bridgehead atoms. The van der Waals surface area contributed by atoms with Crippen molar-refractivity contribution in [2.24, 2.45) is 0 Å². The molecule has 4 aromatic rings. The zero-order valence-corrected chi connectivity index (χ0v) is 19.2. The summed E-state index contributed by atoms with van der Waals surface area (Å²) < 4.78 is 7.20. The number of benzene rings is 3. The van der Waals surface area contributed by atoms with Gasteiger partial charge in [-0.1, -0.05) is 41.6 Å². The highest BCUT2D eigenvalue weighted by molar-refractivity contribution is 7.99. The van der Waals surface area contributed by atoms with Gasteiger partial charge < -0.3 is 10.1 Å². The van der Waals surface area contributed by atoms with Gasteiger partial charge in [-0.2, -0.15) is 0 Å². The zero-order valence-electron chi connectivity index (χ0n) is 17.6. The molecule has 0 spiro atoms. The average molecular weight is 465 g/mol. The largest absolute Gasteiger partial charge is 0.497 e. The number of thioether (sulfide) groups is 1. The molecule has 3 aromatic carbocycles. The number of aryl methyl sites for hydroxylation is 1. The first-order valence-corrected chi connectivity index (χ1v) is 11.3. The maximum Gasteiger partial charge on any atom is 0.234 e. The van der Waals surface area contributed by atoms with E-state index in [4.69, 9.17) is 16.3 Å². The molecule has 1 aromatic heterocycles. The van der Waals surface area contributed by atoms with Crippen molar-refractivity contribution in [2.75, 3.05) is 18.2 Å².